The smallest absolute Gasteiger partial charge is 0.297 e. The second-order valence-corrected chi connectivity index (χ2v) is 5.20. The Kier molecular flexibility index (Phi) is 2.66. The van der Waals surface area contributed by atoms with E-state index in [0.717, 1.165) is 11.1 Å². The minimum atomic E-state index is -0.227. The Morgan fingerprint density at radius 1 is 1.18 bits per heavy atom. The lowest BCUT2D eigenvalue weighted by Crippen LogP contribution is -2.20. The van der Waals surface area contributed by atoms with Gasteiger partial charge in [0.15, 0.2) is 5.89 Å². The van der Waals surface area contributed by atoms with Gasteiger partial charge in [0, 0.05) is 12.3 Å². The SMILES string of the molecule is Cc1nc(C)c(Cn2cnc3c(oc4ccccc43)c2=O)o1. The zero-order valence-corrected chi connectivity index (χ0v) is 12.2. The second-order valence-electron chi connectivity index (χ2n) is 5.20. The molecule has 3 heterocycles. The van der Waals surface area contributed by atoms with E-state index in [2.05, 4.69) is 9.97 Å². The predicted molar refractivity (Wildman–Crippen MR) is 80.9 cm³/mol. The molecule has 6 heteroatoms. The second kappa shape index (κ2) is 4.56. The minimum Gasteiger partial charge on any atom is -0.448 e. The lowest BCUT2D eigenvalue weighted by molar-refractivity contribution is 0.457. The van der Waals surface area contributed by atoms with Crippen LogP contribution in [0.1, 0.15) is 17.3 Å². The van der Waals surface area contributed by atoms with Crippen molar-refractivity contribution in [3.05, 3.63) is 58.3 Å². The molecule has 0 aliphatic carbocycles. The summed E-state index contributed by atoms with van der Waals surface area (Å²) >= 11 is 0. The molecule has 0 unspecified atom stereocenters. The van der Waals surface area contributed by atoms with Crippen LogP contribution in [0, 0.1) is 13.8 Å². The van der Waals surface area contributed by atoms with Gasteiger partial charge in [-0.15, -0.1) is 0 Å². The highest BCUT2D eigenvalue weighted by atomic mass is 16.4. The summed E-state index contributed by atoms with van der Waals surface area (Å²) in [5.74, 6) is 1.23. The Balaban J connectivity index is 1.89. The van der Waals surface area contributed by atoms with Crippen LogP contribution in [0.4, 0.5) is 0 Å². The molecule has 0 atom stereocenters. The Morgan fingerprint density at radius 2 is 2.00 bits per heavy atom. The standard InChI is InChI=1S/C16H13N3O3/c1-9-13(21-10(2)18-9)7-19-8-17-14-11-5-3-4-6-12(11)22-15(14)16(19)20/h3-6,8H,7H2,1-2H3. The summed E-state index contributed by atoms with van der Waals surface area (Å²) in [6.07, 6.45) is 1.52. The summed E-state index contributed by atoms with van der Waals surface area (Å²) in [6.45, 7) is 3.91. The molecule has 0 saturated carbocycles. The number of aromatic nitrogens is 3. The van der Waals surface area contributed by atoms with Gasteiger partial charge in [0.25, 0.3) is 5.56 Å². The number of aryl methyl sites for hydroxylation is 2. The Hall–Kier alpha value is -2.89. The first-order valence-corrected chi connectivity index (χ1v) is 6.93. The summed E-state index contributed by atoms with van der Waals surface area (Å²) in [5, 5.41) is 0.841. The number of nitrogens with zero attached hydrogens (tertiary/aromatic N) is 3. The molecule has 0 aliphatic rings. The molecule has 4 rings (SSSR count). The van der Waals surface area contributed by atoms with Crippen molar-refractivity contribution in [2.75, 3.05) is 0 Å². The van der Waals surface area contributed by atoms with Gasteiger partial charge in [-0.2, -0.15) is 0 Å². The maximum Gasteiger partial charge on any atom is 0.297 e. The fourth-order valence-electron chi connectivity index (χ4n) is 2.60. The monoisotopic (exact) mass is 295 g/mol. The summed E-state index contributed by atoms with van der Waals surface area (Å²) in [7, 11) is 0. The van der Waals surface area contributed by atoms with Gasteiger partial charge in [-0.05, 0) is 19.1 Å². The van der Waals surface area contributed by atoms with Crippen LogP contribution in [-0.4, -0.2) is 14.5 Å². The molecule has 110 valence electrons. The maximum absolute atomic E-state index is 12.6. The van der Waals surface area contributed by atoms with Crippen LogP contribution in [0.5, 0.6) is 0 Å². The quantitative estimate of drug-likeness (QED) is 0.568. The average molecular weight is 295 g/mol. The van der Waals surface area contributed by atoms with Gasteiger partial charge < -0.3 is 8.83 Å². The lowest BCUT2D eigenvalue weighted by atomic mass is 10.2. The van der Waals surface area contributed by atoms with Crippen LogP contribution in [0.2, 0.25) is 0 Å². The maximum atomic E-state index is 12.6. The van der Waals surface area contributed by atoms with Gasteiger partial charge >= 0.3 is 0 Å². The van der Waals surface area contributed by atoms with E-state index in [-0.39, 0.29) is 17.7 Å². The van der Waals surface area contributed by atoms with Crippen molar-refractivity contribution < 1.29 is 8.83 Å². The Labute approximate surface area is 125 Å². The number of hydrogen-bond donors (Lipinski definition) is 0. The molecule has 0 aliphatic heterocycles. The largest absolute Gasteiger partial charge is 0.448 e. The third-order valence-electron chi connectivity index (χ3n) is 3.66. The summed E-state index contributed by atoms with van der Waals surface area (Å²) in [6, 6.07) is 7.47. The number of para-hydroxylation sites is 1. The van der Waals surface area contributed by atoms with Crippen LogP contribution in [-0.2, 0) is 6.54 Å². The van der Waals surface area contributed by atoms with E-state index in [1.165, 1.54) is 10.9 Å². The molecule has 4 aromatic rings. The molecule has 0 N–H and O–H groups in total. The fraction of sp³-hybridized carbons (Fsp3) is 0.188. The van der Waals surface area contributed by atoms with Gasteiger partial charge in [0.1, 0.15) is 16.9 Å². The van der Waals surface area contributed by atoms with E-state index >= 15 is 0 Å². The van der Waals surface area contributed by atoms with E-state index in [4.69, 9.17) is 8.83 Å². The first-order chi connectivity index (χ1) is 10.6. The normalized spacial score (nSPS) is 11.5. The number of rotatable bonds is 2. The number of hydrogen-bond acceptors (Lipinski definition) is 5. The highest BCUT2D eigenvalue weighted by molar-refractivity contribution is 6.01. The molecular weight excluding hydrogens is 282 g/mol. The highest BCUT2D eigenvalue weighted by Gasteiger charge is 2.15. The van der Waals surface area contributed by atoms with Gasteiger partial charge in [-0.25, -0.2) is 9.97 Å². The van der Waals surface area contributed by atoms with Crippen molar-refractivity contribution in [2.45, 2.75) is 20.4 Å². The third kappa shape index (κ3) is 1.84. The van der Waals surface area contributed by atoms with Crippen LogP contribution >= 0.6 is 0 Å². The number of benzene rings is 1. The van der Waals surface area contributed by atoms with Crippen molar-refractivity contribution in [3.63, 3.8) is 0 Å². The van der Waals surface area contributed by atoms with Crippen molar-refractivity contribution in [1.29, 1.82) is 0 Å². The van der Waals surface area contributed by atoms with Crippen LogP contribution < -0.4 is 5.56 Å². The molecule has 6 nitrogen and oxygen atoms in total. The Morgan fingerprint density at radius 3 is 2.77 bits per heavy atom. The van der Waals surface area contributed by atoms with Crippen LogP contribution in [0.15, 0.2) is 44.2 Å². The zero-order chi connectivity index (χ0) is 15.3. The third-order valence-corrected chi connectivity index (χ3v) is 3.66. The molecule has 1 aromatic carbocycles. The summed E-state index contributed by atoms with van der Waals surface area (Å²) in [4.78, 5) is 21.2. The molecule has 0 amide bonds. The van der Waals surface area contributed by atoms with Crippen molar-refractivity contribution in [1.82, 2.24) is 14.5 Å². The van der Waals surface area contributed by atoms with Crippen molar-refractivity contribution in [3.8, 4) is 0 Å². The van der Waals surface area contributed by atoms with Crippen LogP contribution in [0.25, 0.3) is 22.1 Å². The molecule has 0 saturated heterocycles. The first kappa shape index (κ1) is 12.8. The summed E-state index contributed by atoms with van der Waals surface area (Å²) < 4.78 is 12.6. The van der Waals surface area contributed by atoms with Gasteiger partial charge in [-0.1, -0.05) is 12.1 Å². The van der Waals surface area contributed by atoms with Crippen molar-refractivity contribution in [2.24, 2.45) is 0 Å². The predicted octanol–water partition coefficient (Wildman–Crippen LogP) is 2.80. The lowest BCUT2D eigenvalue weighted by Gasteiger charge is -2.02. The first-order valence-electron chi connectivity index (χ1n) is 6.93. The molecule has 22 heavy (non-hydrogen) atoms. The number of fused-ring (bicyclic) bond motifs is 3. The fourth-order valence-corrected chi connectivity index (χ4v) is 2.60. The molecule has 0 spiro atoms. The van der Waals surface area contributed by atoms with E-state index in [9.17, 15) is 4.79 Å². The molecule has 3 aromatic heterocycles. The molecule has 0 fully saturated rings. The average Bonchev–Trinajstić information content (AvgIpc) is 3.03. The molecule has 0 radical (unpaired) electrons. The van der Waals surface area contributed by atoms with E-state index in [1.54, 1.807) is 6.92 Å². The Bertz CT molecular complexity index is 1060. The van der Waals surface area contributed by atoms with E-state index in [0.29, 0.717) is 22.8 Å². The highest BCUT2D eigenvalue weighted by Crippen LogP contribution is 2.24. The van der Waals surface area contributed by atoms with Gasteiger partial charge in [0.05, 0.1) is 18.6 Å². The number of oxazole rings is 1. The minimum absolute atomic E-state index is 0.227. The van der Waals surface area contributed by atoms with Gasteiger partial charge in [-0.3, -0.25) is 9.36 Å². The van der Waals surface area contributed by atoms with E-state index < -0.39 is 0 Å². The van der Waals surface area contributed by atoms with Gasteiger partial charge in [0.2, 0.25) is 5.58 Å². The summed E-state index contributed by atoms with van der Waals surface area (Å²) in [5.41, 5.74) is 2.05. The van der Waals surface area contributed by atoms with Crippen LogP contribution in [0.3, 0.4) is 0 Å². The number of furan rings is 1. The zero-order valence-electron chi connectivity index (χ0n) is 12.2. The van der Waals surface area contributed by atoms with E-state index in [1.807, 2.05) is 31.2 Å². The topological polar surface area (TPSA) is 74.1 Å². The molecular formula is C16H13N3O3. The van der Waals surface area contributed by atoms with Crippen molar-refractivity contribution >= 4 is 22.1 Å². The molecule has 0 bridgehead atoms.